The number of nitrogens with zero attached hydrogens (tertiary/aromatic N) is 1. The zero-order valence-electron chi connectivity index (χ0n) is 18.0. The van der Waals surface area contributed by atoms with Crippen molar-refractivity contribution >= 4 is 11.8 Å². The van der Waals surface area contributed by atoms with E-state index in [1.807, 2.05) is 58.9 Å². The molecule has 0 heterocycles. The molecule has 0 radical (unpaired) electrons. The summed E-state index contributed by atoms with van der Waals surface area (Å²) in [6.45, 7) is 10.0. The quantitative estimate of drug-likeness (QED) is 0.752. The minimum absolute atomic E-state index is 0.117. The number of halogens is 1. The summed E-state index contributed by atoms with van der Waals surface area (Å²) >= 11 is 0. The van der Waals surface area contributed by atoms with Crippen LogP contribution in [0.4, 0.5) is 4.39 Å². The minimum Gasteiger partial charge on any atom is -0.350 e. The predicted molar refractivity (Wildman–Crippen MR) is 114 cm³/mol. The third-order valence-corrected chi connectivity index (χ3v) is 4.75. The first-order valence-corrected chi connectivity index (χ1v) is 10.0. The second-order valence-electron chi connectivity index (χ2n) is 8.41. The van der Waals surface area contributed by atoms with E-state index >= 15 is 0 Å². The van der Waals surface area contributed by atoms with Gasteiger partial charge in [-0.15, -0.1) is 0 Å². The largest absolute Gasteiger partial charge is 0.350 e. The number of hydrogen-bond donors (Lipinski definition) is 1. The van der Waals surface area contributed by atoms with Gasteiger partial charge in [0.25, 0.3) is 0 Å². The molecule has 0 unspecified atom stereocenters. The molecule has 0 fully saturated rings. The van der Waals surface area contributed by atoms with Gasteiger partial charge in [0.15, 0.2) is 0 Å². The van der Waals surface area contributed by atoms with Crippen LogP contribution in [0.2, 0.25) is 0 Å². The van der Waals surface area contributed by atoms with Crippen molar-refractivity contribution in [1.29, 1.82) is 0 Å². The second-order valence-corrected chi connectivity index (χ2v) is 8.41. The number of nitrogens with one attached hydrogen (secondary N) is 1. The second kappa shape index (κ2) is 9.68. The monoisotopic (exact) mass is 398 g/mol. The molecule has 0 bridgehead atoms. The van der Waals surface area contributed by atoms with Crippen molar-refractivity contribution in [2.24, 2.45) is 0 Å². The molecule has 1 atom stereocenters. The Morgan fingerprint density at radius 1 is 1.07 bits per heavy atom. The summed E-state index contributed by atoms with van der Waals surface area (Å²) in [7, 11) is 0. The predicted octanol–water partition coefficient (Wildman–Crippen LogP) is 4.40. The van der Waals surface area contributed by atoms with E-state index < -0.39 is 11.6 Å². The van der Waals surface area contributed by atoms with E-state index in [1.54, 1.807) is 17.0 Å². The third kappa shape index (κ3) is 6.70. The van der Waals surface area contributed by atoms with Gasteiger partial charge in [-0.1, -0.05) is 43.3 Å². The number of hydrogen-bond acceptors (Lipinski definition) is 2. The molecule has 0 aliphatic heterocycles. The van der Waals surface area contributed by atoms with Crippen molar-refractivity contribution in [3.63, 3.8) is 0 Å². The van der Waals surface area contributed by atoms with Crippen LogP contribution in [-0.2, 0) is 22.6 Å². The molecule has 29 heavy (non-hydrogen) atoms. The molecular formula is C24H31FN2O2. The molecule has 2 rings (SSSR count). The lowest BCUT2D eigenvalue weighted by molar-refractivity contribution is -0.141. The summed E-state index contributed by atoms with van der Waals surface area (Å²) in [6, 6.07) is 13.2. The summed E-state index contributed by atoms with van der Waals surface area (Å²) in [6.07, 6.45) is 0.619. The summed E-state index contributed by atoms with van der Waals surface area (Å²) in [5.74, 6) is -0.661. The number of amides is 2. The van der Waals surface area contributed by atoms with Gasteiger partial charge in [0.1, 0.15) is 11.9 Å². The highest BCUT2D eigenvalue weighted by molar-refractivity contribution is 5.88. The number of aryl methyl sites for hydroxylation is 1. The number of carbonyl (C=O) groups excluding carboxylic acids is 2. The maximum absolute atomic E-state index is 13.2. The number of rotatable bonds is 7. The molecule has 156 valence electrons. The SMILES string of the molecule is CC[C@@H](C(=O)NC(C)(C)C)N(Cc1ccccc1C)C(=O)Cc1ccc(F)cc1. The molecule has 0 aliphatic rings. The van der Waals surface area contributed by atoms with Crippen molar-refractivity contribution in [2.75, 3.05) is 0 Å². The van der Waals surface area contributed by atoms with Crippen LogP contribution in [0, 0.1) is 12.7 Å². The van der Waals surface area contributed by atoms with E-state index in [0.29, 0.717) is 13.0 Å². The molecule has 0 spiro atoms. The van der Waals surface area contributed by atoms with Gasteiger partial charge in [-0.05, 0) is 62.9 Å². The Kier molecular flexibility index (Phi) is 7.54. The fourth-order valence-electron chi connectivity index (χ4n) is 3.22. The Morgan fingerprint density at radius 2 is 1.69 bits per heavy atom. The maximum Gasteiger partial charge on any atom is 0.243 e. The first-order chi connectivity index (χ1) is 13.6. The highest BCUT2D eigenvalue weighted by Gasteiger charge is 2.30. The van der Waals surface area contributed by atoms with Crippen molar-refractivity contribution in [2.45, 2.75) is 65.6 Å². The minimum atomic E-state index is -0.582. The van der Waals surface area contributed by atoms with E-state index in [2.05, 4.69) is 5.32 Å². The van der Waals surface area contributed by atoms with E-state index in [-0.39, 0.29) is 24.1 Å². The van der Waals surface area contributed by atoms with Crippen LogP contribution in [0.1, 0.15) is 50.8 Å². The molecular weight excluding hydrogens is 367 g/mol. The van der Waals surface area contributed by atoms with Gasteiger partial charge < -0.3 is 10.2 Å². The van der Waals surface area contributed by atoms with Crippen molar-refractivity contribution in [1.82, 2.24) is 10.2 Å². The van der Waals surface area contributed by atoms with Crippen LogP contribution in [0.3, 0.4) is 0 Å². The lowest BCUT2D eigenvalue weighted by Crippen LogP contribution is -2.53. The molecule has 4 nitrogen and oxygen atoms in total. The van der Waals surface area contributed by atoms with Gasteiger partial charge >= 0.3 is 0 Å². The molecule has 0 aromatic heterocycles. The lowest BCUT2D eigenvalue weighted by Gasteiger charge is -2.33. The molecule has 2 aromatic carbocycles. The van der Waals surface area contributed by atoms with Gasteiger partial charge in [0.05, 0.1) is 6.42 Å². The van der Waals surface area contributed by atoms with Gasteiger partial charge in [0, 0.05) is 12.1 Å². The summed E-state index contributed by atoms with van der Waals surface area (Å²) in [5.41, 5.74) is 2.40. The van der Waals surface area contributed by atoms with Gasteiger partial charge in [0.2, 0.25) is 11.8 Å². The Morgan fingerprint density at radius 3 is 2.24 bits per heavy atom. The average molecular weight is 399 g/mol. The van der Waals surface area contributed by atoms with E-state index in [4.69, 9.17) is 0 Å². The van der Waals surface area contributed by atoms with Gasteiger partial charge in [-0.25, -0.2) is 4.39 Å². The van der Waals surface area contributed by atoms with Gasteiger partial charge in [-0.2, -0.15) is 0 Å². The third-order valence-electron chi connectivity index (χ3n) is 4.75. The fraction of sp³-hybridized carbons (Fsp3) is 0.417. The first-order valence-electron chi connectivity index (χ1n) is 10.0. The molecule has 0 saturated heterocycles. The van der Waals surface area contributed by atoms with E-state index in [9.17, 15) is 14.0 Å². The zero-order valence-corrected chi connectivity index (χ0v) is 18.0. The highest BCUT2D eigenvalue weighted by Crippen LogP contribution is 2.18. The topological polar surface area (TPSA) is 49.4 Å². The lowest BCUT2D eigenvalue weighted by atomic mass is 10.0. The van der Waals surface area contributed by atoms with Crippen LogP contribution < -0.4 is 5.32 Å². The molecule has 0 saturated carbocycles. The van der Waals surface area contributed by atoms with E-state index in [0.717, 1.165) is 16.7 Å². The van der Waals surface area contributed by atoms with Crippen LogP contribution in [0.15, 0.2) is 48.5 Å². The number of carbonyl (C=O) groups is 2. The Hall–Kier alpha value is -2.69. The smallest absolute Gasteiger partial charge is 0.243 e. The van der Waals surface area contributed by atoms with Crippen molar-refractivity contribution in [3.05, 3.63) is 71.0 Å². The van der Waals surface area contributed by atoms with Crippen molar-refractivity contribution < 1.29 is 14.0 Å². The molecule has 2 amide bonds. The standard InChI is InChI=1S/C24H31FN2O2/c1-6-21(23(29)26-24(3,4)5)27(16-19-10-8-7-9-17(19)2)22(28)15-18-11-13-20(25)14-12-18/h7-14,21H,6,15-16H2,1-5H3,(H,26,29)/t21-/m0/s1. The molecule has 5 heteroatoms. The first kappa shape index (κ1) is 22.6. The Bertz CT molecular complexity index is 841. The van der Waals surface area contributed by atoms with Gasteiger partial charge in [-0.3, -0.25) is 9.59 Å². The Labute approximate surface area is 173 Å². The molecule has 0 aliphatic carbocycles. The van der Waals surface area contributed by atoms with E-state index in [1.165, 1.54) is 12.1 Å². The highest BCUT2D eigenvalue weighted by atomic mass is 19.1. The zero-order chi connectivity index (χ0) is 21.6. The maximum atomic E-state index is 13.2. The number of benzene rings is 2. The summed E-state index contributed by atoms with van der Waals surface area (Å²) in [4.78, 5) is 27.8. The Balaban J connectivity index is 2.32. The summed E-state index contributed by atoms with van der Waals surface area (Å²) < 4.78 is 13.2. The van der Waals surface area contributed by atoms with Crippen LogP contribution in [0.25, 0.3) is 0 Å². The van der Waals surface area contributed by atoms with Crippen LogP contribution >= 0.6 is 0 Å². The normalized spacial score (nSPS) is 12.3. The summed E-state index contributed by atoms with van der Waals surface area (Å²) in [5, 5.41) is 2.99. The van der Waals surface area contributed by atoms with Crippen LogP contribution in [0.5, 0.6) is 0 Å². The average Bonchev–Trinajstić information content (AvgIpc) is 2.63. The molecule has 2 aromatic rings. The van der Waals surface area contributed by atoms with Crippen LogP contribution in [-0.4, -0.2) is 28.3 Å². The van der Waals surface area contributed by atoms with Crippen molar-refractivity contribution in [3.8, 4) is 0 Å². The molecule has 1 N–H and O–H groups in total. The fourth-order valence-corrected chi connectivity index (χ4v) is 3.22.